The van der Waals surface area contributed by atoms with E-state index in [-0.39, 0.29) is 5.91 Å². The molecular weight excluding hydrogens is 180 g/mol. The Hall–Kier alpha value is -1.62. The van der Waals surface area contributed by atoms with Crippen LogP contribution in [0.25, 0.3) is 0 Å². The molecule has 1 aromatic rings. The molecule has 0 aliphatic rings. The van der Waals surface area contributed by atoms with Crippen molar-refractivity contribution in [1.82, 2.24) is 9.88 Å². The zero-order valence-electron chi connectivity index (χ0n) is 8.32. The van der Waals surface area contributed by atoms with Crippen molar-refractivity contribution in [3.63, 3.8) is 0 Å². The second-order valence-corrected chi connectivity index (χ2v) is 2.89. The molecule has 0 atom stereocenters. The van der Waals surface area contributed by atoms with Crippen LogP contribution in [-0.4, -0.2) is 29.4 Å². The van der Waals surface area contributed by atoms with Crippen LogP contribution in [-0.2, 0) is 0 Å². The molecular formula is C9H14N4O. The molecule has 0 aliphatic carbocycles. The quantitative estimate of drug-likeness (QED) is 0.541. The topological polar surface area (TPSA) is 71.2 Å². The number of anilines is 1. The van der Waals surface area contributed by atoms with Crippen molar-refractivity contribution in [2.24, 2.45) is 5.84 Å². The lowest BCUT2D eigenvalue weighted by Crippen LogP contribution is -2.26. The number of aromatic nitrogens is 1. The maximum Gasteiger partial charge on any atom is 0.253 e. The number of hydrogen-bond acceptors (Lipinski definition) is 4. The van der Waals surface area contributed by atoms with E-state index in [0.29, 0.717) is 17.9 Å². The third-order valence-corrected chi connectivity index (χ3v) is 1.98. The highest BCUT2D eigenvalue weighted by Crippen LogP contribution is 2.07. The molecule has 1 aromatic heterocycles. The molecule has 0 aliphatic heterocycles. The summed E-state index contributed by atoms with van der Waals surface area (Å²) in [5.41, 5.74) is 2.98. The zero-order valence-corrected chi connectivity index (χ0v) is 8.32. The molecule has 1 rings (SSSR count). The highest BCUT2D eigenvalue weighted by Gasteiger charge is 2.09. The van der Waals surface area contributed by atoms with Gasteiger partial charge in [-0.15, -0.1) is 0 Å². The molecule has 0 aromatic carbocycles. The molecule has 3 N–H and O–H groups in total. The molecule has 1 heterocycles. The lowest BCUT2D eigenvalue weighted by molar-refractivity contribution is 0.0802. The number of rotatable bonds is 3. The van der Waals surface area contributed by atoms with Crippen LogP contribution >= 0.6 is 0 Å². The van der Waals surface area contributed by atoms with Crippen molar-refractivity contribution in [3.8, 4) is 0 Å². The largest absolute Gasteiger partial charge is 0.342 e. The van der Waals surface area contributed by atoms with E-state index in [9.17, 15) is 4.79 Å². The van der Waals surface area contributed by atoms with Gasteiger partial charge in [-0.3, -0.25) is 4.79 Å². The smallest absolute Gasteiger partial charge is 0.253 e. The Bertz CT molecular complexity index is 326. The van der Waals surface area contributed by atoms with Gasteiger partial charge in [0.2, 0.25) is 0 Å². The highest BCUT2D eigenvalue weighted by molar-refractivity contribution is 5.94. The summed E-state index contributed by atoms with van der Waals surface area (Å²) in [5, 5.41) is 0. The Morgan fingerprint density at radius 2 is 2.43 bits per heavy atom. The Kier molecular flexibility index (Phi) is 3.41. The minimum absolute atomic E-state index is 0.0357. The highest BCUT2D eigenvalue weighted by atomic mass is 16.2. The van der Waals surface area contributed by atoms with Crippen molar-refractivity contribution >= 4 is 11.7 Å². The molecule has 0 spiro atoms. The number of carbonyl (C=O) groups is 1. The van der Waals surface area contributed by atoms with Crippen molar-refractivity contribution in [2.75, 3.05) is 19.0 Å². The number of nitrogens with zero attached hydrogens (tertiary/aromatic N) is 2. The van der Waals surface area contributed by atoms with Crippen LogP contribution in [0.5, 0.6) is 0 Å². The van der Waals surface area contributed by atoms with E-state index < -0.39 is 0 Å². The normalized spacial score (nSPS) is 9.64. The predicted molar refractivity (Wildman–Crippen MR) is 54.7 cm³/mol. The summed E-state index contributed by atoms with van der Waals surface area (Å²) in [7, 11) is 1.75. The number of hydrogen-bond donors (Lipinski definition) is 2. The van der Waals surface area contributed by atoms with E-state index in [1.807, 2.05) is 6.92 Å². The van der Waals surface area contributed by atoms with Crippen molar-refractivity contribution < 1.29 is 4.79 Å². The molecule has 5 heteroatoms. The molecule has 0 saturated heterocycles. The number of amides is 1. The lowest BCUT2D eigenvalue weighted by Gasteiger charge is -2.14. The minimum Gasteiger partial charge on any atom is -0.342 e. The zero-order chi connectivity index (χ0) is 10.6. The van der Waals surface area contributed by atoms with Crippen LogP contribution in [0, 0.1) is 0 Å². The average Bonchev–Trinajstić information content (AvgIpc) is 2.27. The van der Waals surface area contributed by atoms with Gasteiger partial charge < -0.3 is 10.3 Å². The van der Waals surface area contributed by atoms with E-state index in [4.69, 9.17) is 5.84 Å². The third kappa shape index (κ3) is 2.20. The van der Waals surface area contributed by atoms with Crippen LogP contribution in [0.1, 0.15) is 17.3 Å². The van der Waals surface area contributed by atoms with Gasteiger partial charge in [0.05, 0.1) is 0 Å². The molecule has 0 unspecified atom stereocenters. The van der Waals surface area contributed by atoms with E-state index in [1.54, 1.807) is 30.3 Å². The molecule has 14 heavy (non-hydrogen) atoms. The number of carbonyl (C=O) groups excluding carboxylic acids is 1. The van der Waals surface area contributed by atoms with E-state index >= 15 is 0 Å². The van der Waals surface area contributed by atoms with Crippen LogP contribution in [0.3, 0.4) is 0 Å². The number of nitrogens with one attached hydrogen (secondary N) is 1. The first kappa shape index (κ1) is 10.5. The van der Waals surface area contributed by atoms with Gasteiger partial charge in [0.25, 0.3) is 5.91 Å². The standard InChI is InChI=1S/C9H14N4O/c1-3-13(2)9(14)7-4-5-11-8(6-7)12-10/h4-6H,3,10H2,1-2H3,(H,11,12). The van der Waals surface area contributed by atoms with Gasteiger partial charge in [0.1, 0.15) is 5.82 Å². The molecule has 5 nitrogen and oxygen atoms in total. The van der Waals surface area contributed by atoms with Gasteiger partial charge in [0.15, 0.2) is 0 Å². The number of nitrogen functional groups attached to an aromatic ring is 1. The predicted octanol–water partition coefficient (Wildman–Crippen LogP) is 0.459. The first-order chi connectivity index (χ1) is 6.69. The second kappa shape index (κ2) is 4.57. The maximum absolute atomic E-state index is 11.7. The number of nitrogens with two attached hydrogens (primary N) is 1. The van der Waals surface area contributed by atoms with Crippen molar-refractivity contribution in [1.29, 1.82) is 0 Å². The van der Waals surface area contributed by atoms with E-state index in [2.05, 4.69) is 10.4 Å². The SMILES string of the molecule is CCN(C)C(=O)c1ccnc(NN)c1. The van der Waals surface area contributed by atoms with Crippen LogP contribution in [0.4, 0.5) is 5.82 Å². The fourth-order valence-corrected chi connectivity index (χ4v) is 1.01. The molecule has 0 fully saturated rings. The molecule has 0 radical (unpaired) electrons. The second-order valence-electron chi connectivity index (χ2n) is 2.89. The summed E-state index contributed by atoms with van der Waals surface area (Å²) in [6.45, 7) is 2.59. The summed E-state index contributed by atoms with van der Waals surface area (Å²) < 4.78 is 0. The summed E-state index contributed by atoms with van der Waals surface area (Å²) >= 11 is 0. The van der Waals surface area contributed by atoms with Gasteiger partial charge in [-0.25, -0.2) is 10.8 Å². The van der Waals surface area contributed by atoms with Gasteiger partial charge in [-0.1, -0.05) is 0 Å². The number of pyridine rings is 1. The van der Waals surface area contributed by atoms with Crippen LogP contribution in [0.15, 0.2) is 18.3 Å². The number of hydrazine groups is 1. The monoisotopic (exact) mass is 194 g/mol. The van der Waals surface area contributed by atoms with E-state index in [0.717, 1.165) is 0 Å². The van der Waals surface area contributed by atoms with Crippen LogP contribution in [0.2, 0.25) is 0 Å². The first-order valence-corrected chi connectivity index (χ1v) is 4.37. The molecule has 76 valence electrons. The van der Waals surface area contributed by atoms with Crippen molar-refractivity contribution in [2.45, 2.75) is 6.92 Å². The summed E-state index contributed by atoms with van der Waals surface area (Å²) in [6, 6.07) is 3.28. The lowest BCUT2D eigenvalue weighted by atomic mass is 10.2. The Labute approximate surface area is 82.9 Å². The van der Waals surface area contributed by atoms with Gasteiger partial charge >= 0.3 is 0 Å². The molecule has 0 saturated carbocycles. The van der Waals surface area contributed by atoms with Crippen LogP contribution < -0.4 is 11.3 Å². The minimum atomic E-state index is -0.0357. The maximum atomic E-state index is 11.7. The Morgan fingerprint density at radius 3 is 3.00 bits per heavy atom. The fraction of sp³-hybridized carbons (Fsp3) is 0.333. The molecule has 1 amide bonds. The first-order valence-electron chi connectivity index (χ1n) is 4.37. The average molecular weight is 194 g/mol. The summed E-state index contributed by atoms with van der Waals surface area (Å²) in [6.07, 6.45) is 1.55. The van der Waals surface area contributed by atoms with Gasteiger partial charge in [0, 0.05) is 25.4 Å². The van der Waals surface area contributed by atoms with Crippen molar-refractivity contribution in [3.05, 3.63) is 23.9 Å². The summed E-state index contributed by atoms with van der Waals surface area (Å²) in [5.74, 6) is 5.64. The molecule has 0 bridgehead atoms. The Morgan fingerprint density at radius 1 is 1.71 bits per heavy atom. The summed E-state index contributed by atoms with van der Waals surface area (Å²) in [4.78, 5) is 17.2. The third-order valence-electron chi connectivity index (χ3n) is 1.98. The van der Waals surface area contributed by atoms with Gasteiger partial charge in [-0.05, 0) is 19.1 Å². The fourth-order valence-electron chi connectivity index (χ4n) is 1.01. The van der Waals surface area contributed by atoms with E-state index in [1.165, 1.54) is 0 Å². The van der Waals surface area contributed by atoms with Gasteiger partial charge in [-0.2, -0.15) is 0 Å². The Balaban J connectivity index is 2.90.